The Kier molecular flexibility index (Phi) is 6.22. The fourth-order valence-electron chi connectivity index (χ4n) is 2.70. The third-order valence-corrected chi connectivity index (χ3v) is 3.91. The van der Waals surface area contributed by atoms with Crippen molar-refractivity contribution in [3.8, 4) is 0 Å². The molecule has 0 aromatic heterocycles. The van der Waals surface area contributed by atoms with Crippen molar-refractivity contribution in [2.45, 2.75) is 45.2 Å². The summed E-state index contributed by atoms with van der Waals surface area (Å²) in [5.41, 5.74) is -0.120. The predicted molar refractivity (Wildman–Crippen MR) is 90.9 cm³/mol. The van der Waals surface area contributed by atoms with Crippen LogP contribution in [0.4, 0.5) is 22.8 Å². The Hall–Kier alpha value is -2.45. The molecule has 1 aliphatic heterocycles. The zero-order chi connectivity index (χ0) is 20.2. The molecule has 2 atom stereocenters. The first-order valence-corrected chi connectivity index (χ1v) is 8.47. The van der Waals surface area contributed by atoms with Crippen LogP contribution >= 0.6 is 0 Å². The van der Waals surface area contributed by atoms with Gasteiger partial charge in [0.2, 0.25) is 0 Å². The van der Waals surface area contributed by atoms with Crippen LogP contribution in [0.2, 0.25) is 0 Å². The van der Waals surface area contributed by atoms with E-state index in [2.05, 4.69) is 5.32 Å². The van der Waals surface area contributed by atoms with Crippen molar-refractivity contribution < 1.29 is 32.2 Å². The molecule has 1 N–H and O–H groups in total. The van der Waals surface area contributed by atoms with Crippen LogP contribution in [0.25, 0.3) is 0 Å². The van der Waals surface area contributed by atoms with Gasteiger partial charge in [0.05, 0.1) is 12.0 Å². The molecule has 6 nitrogen and oxygen atoms in total. The van der Waals surface area contributed by atoms with Gasteiger partial charge in [0.1, 0.15) is 12.2 Å². The van der Waals surface area contributed by atoms with E-state index < -0.39 is 42.5 Å². The number of carbonyl (C=O) groups excluding carboxylic acids is 2. The molecule has 1 aromatic carbocycles. The topological polar surface area (TPSA) is 67.9 Å². The number of likely N-dealkylation sites (tertiary alicyclic amines) is 1. The second kappa shape index (κ2) is 8.06. The number of nitrogens with zero attached hydrogens (tertiary/aromatic N) is 1. The van der Waals surface area contributed by atoms with Crippen molar-refractivity contribution in [1.29, 1.82) is 0 Å². The minimum absolute atomic E-state index is 0.0446. The minimum atomic E-state index is -4.58. The molecule has 0 spiro atoms. The maximum atomic E-state index is 13.3. The Balaban J connectivity index is 1.99. The van der Waals surface area contributed by atoms with Crippen molar-refractivity contribution in [1.82, 2.24) is 10.2 Å². The number of alkyl carbamates (subject to hydrolysis) is 1. The van der Waals surface area contributed by atoms with Crippen LogP contribution in [-0.4, -0.2) is 48.0 Å². The predicted octanol–water partition coefficient (Wildman–Crippen LogP) is 3.71. The van der Waals surface area contributed by atoms with Crippen LogP contribution in [-0.2, 0) is 16.1 Å². The highest BCUT2D eigenvalue weighted by molar-refractivity contribution is 5.70. The van der Waals surface area contributed by atoms with E-state index >= 15 is 0 Å². The summed E-state index contributed by atoms with van der Waals surface area (Å²) >= 11 is 0. The Labute approximate surface area is 155 Å². The first kappa shape index (κ1) is 20.9. The van der Waals surface area contributed by atoms with Crippen LogP contribution in [0.5, 0.6) is 0 Å². The fourth-order valence-corrected chi connectivity index (χ4v) is 2.70. The van der Waals surface area contributed by atoms with Gasteiger partial charge in [-0.25, -0.2) is 9.59 Å². The number of nitrogens with one attached hydrogen (secondary N) is 1. The highest BCUT2D eigenvalue weighted by Crippen LogP contribution is 2.34. The maximum absolute atomic E-state index is 13.3. The van der Waals surface area contributed by atoms with Gasteiger partial charge in [-0.15, -0.1) is 0 Å². The summed E-state index contributed by atoms with van der Waals surface area (Å²) in [6, 6.07) is 7.50. The van der Waals surface area contributed by atoms with Crippen LogP contribution in [0.1, 0.15) is 26.3 Å². The molecule has 150 valence electrons. The van der Waals surface area contributed by atoms with E-state index in [9.17, 15) is 22.8 Å². The Morgan fingerprint density at radius 3 is 2.33 bits per heavy atom. The van der Waals surface area contributed by atoms with Crippen molar-refractivity contribution in [2.24, 2.45) is 5.92 Å². The van der Waals surface area contributed by atoms with Crippen molar-refractivity contribution in [3.05, 3.63) is 35.9 Å². The lowest BCUT2D eigenvalue weighted by atomic mass is 10.0. The Morgan fingerprint density at radius 1 is 1.15 bits per heavy atom. The zero-order valence-corrected chi connectivity index (χ0v) is 15.4. The molecule has 0 aliphatic carbocycles. The van der Waals surface area contributed by atoms with Crippen molar-refractivity contribution in [3.63, 3.8) is 0 Å². The van der Waals surface area contributed by atoms with E-state index in [4.69, 9.17) is 9.47 Å². The van der Waals surface area contributed by atoms with Gasteiger partial charge in [0.25, 0.3) is 0 Å². The average Bonchev–Trinajstić information content (AvgIpc) is 2.95. The number of hydrogen-bond donors (Lipinski definition) is 1. The summed E-state index contributed by atoms with van der Waals surface area (Å²) in [6.07, 6.45) is -6.39. The molecule has 1 aliphatic rings. The van der Waals surface area contributed by atoms with Gasteiger partial charge in [0.15, 0.2) is 0 Å². The van der Waals surface area contributed by atoms with Crippen molar-refractivity contribution in [2.75, 3.05) is 13.1 Å². The molecule has 1 saturated heterocycles. The lowest BCUT2D eigenvalue weighted by Crippen LogP contribution is -2.47. The molecule has 27 heavy (non-hydrogen) atoms. The summed E-state index contributed by atoms with van der Waals surface area (Å²) < 4.78 is 50.0. The fraction of sp³-hybridized carbons (Fsp3) is 0.556. The molecule has 2 amide bonds. The van der Waals surface area contributed by atoms with E-state index in [-0.39, 0.29) is 13.2 Å². The molecule has 2 rings (SSSR count). The Morgan fingerprint density at radius 2 is 1.78 bits per heavy atom. The first-order valence-electron chi connectivity index (χ1n) is 8.47. The van der Waals surface area contributed by atoms with Gasteiger partial charge in [-0.1, -0.05) is 30.3 Å². The van der Waals surface area contributed by atoms with Gasteiger partial charge in [-0.05, 0) is 26.3 Å². The second-order valence-electron chi connectivity index (χ2n) is 7.35. The minimum Gasteiger partial charge on any atom is -0.445 e. The molecule has 1 fully saturated rings. The van der Waals surface area contributed by atoms with Crippen molar-refractivity contribution >= 4 is 12.2 Å². The van der Waals surface area contributed by atoms with E-state index in [1.54, 1.807) is 51.1 Å². The number of amides is 2. The number of halogens is 3. The van der Waals surface area contributed by atoms with Crippen LogP contribution < -0.4 is 5.32 Å². The monoisotopic (exact) mass is 388 g/mol. The van der Waals surface area contributed by atoms with E-state index in [0.29, 0.717) is 0 Å². The summed E-state index contributed by atoms with van der Waals surface area (Å²) in [4.78, 5) is 24.9. The lowest BCUT2D eigenvalue weighted by Gasteiger charge is -2.24. The summed E-state index contributed by atoms with van der Waals surface area (Å²) in [5, 5.41) is 2.22. The zero-order valence-electron chi connectivity index (χ0n) is 15.4. The SMILES string of the molecule is CC(C)(C)OC(=O)NC1CN(C(=O)OCc2ccccc2)CC1C(F)(F)F. The molecular formula is C18H23F3N2O4. The largest absolute Gasteiger partial charge is 0.445 e. The number of carbonyl (C=O) groups is 2. The second-order valence-corrected chi connectivity index (χ2v) is 7.35. The van der Waals surface area contributed by atoms with Gasteiger partial charge in [-0.3, -0.25) is 0 Å². The molecule has 1 aromatic rings. The normalized spacial score (nSPS) is 20.3. The quantitative estimate of drug-likeness (QED) is 0.857. The third kappa shape index (κ3) is 6.33. The highest BCUT2D eigenvalue weighted by atomic mass is 19.4. The molecular weight excluding hydrogens is 365 g/mol. The van der Waals surface area contributed by atoms with Gasteiger partial charge in [0, 0.05) is 13.1 Å². The van der Waals surface area contributed by atoms with Crippen LogP contribution in [0.3, 0.4) is 0 Å². The summed E-state index contributed by atoms with van der Waals surface area (Å²) in [7, 11) is 0. The van der Waals surface area contributed by atoms with E-state index in [1.165, 1.54) is 0 Å². The number of hydrogen-bond acceptors (Lipinski definition) is 4. The Bertz CT molecular complexity index is 659. The number of ether oxygens (including phenoxy) is 2. The molecule has 0 radical (unpaired) electrons. The van der Waals surface area contributed by atoms with E-state index in [1.807, 2.05) is 0 Å². The smallest absolute Gasteiger partial charge is 0.410 e. The van der Waals surface area contributed by atoms with Crippen LogP contribution in [0.15, 0.2) is 30.3 Å². The number of alkyl halides is 3. The molecule has 2 unspecified atom stereocenters. The van der Waals surface area contributed by atoms with Gasteiger partial charge >= 0.3 is 18.4 Å². The molecule has 0 saturated carbocycles. The summed E-state index contributed by atoms with van der Waals surface area (Å²) in [6.45, 7) is 3.88. The third-order valence-electron chi connectivity index (χ3n) is 3.91. The lowest BCUT2D eigenvalue weighted by molar-refractivity contribution is -0.174. The highest BCUT2D eigenvalue weighted by Gasteiger charge is 2.52. The molecule has 9 heteroatoms. The van der Waals surface area contributed by atoms with Gasteiger partial charge < -0.3 is 19.7 Å². The number of rotatable bonds is 3. The average molecular weight is 388 g/mol. The standard InChI is InChI=1S/C18H23F3N2O4/c1-17(2,3)27-15(24)22-14-10-23(9-13(14)18(19,20)21)16(25)26-11-12-7-5-4-6-8-12/h4-8,13-14H,9-11H2,1-3H3,(H,22,24). The molecule has 0 bridgehead atoms. The number of benzene rings is 1. The van der Waals surface area contributed by atoms with Crippen LogP contribution in [0, 0.1) is 5.92 Å². The van der Waals surface area contributed by atoms with E-state index in [0.717, 1.165) is 10.5 Å². The molecule has 1 heterocycles. The summed E-state index contributed by atoms with van der Waals surface area (Å²) in [5.74, 6) is -1.89. The van der Waals surface area contributed by atoms with Gasteiger partial charge in [-0.2, -0.15) is 13.2 Å². The first-order chi connectivity index (χ1) is 12.5. The maximum Gasteiger partial charge on any atom is 0.410 e.